The number of aliphatic hydroxyl groups is 1. The highest BCUT2D eigenvalue weighted by Gasteiger charge is 2.33. The van der Waals surface area contributed by atoms with Crippen LogP contribution in [0.4, 0.5) is 0 Å². The van der Waals surface area contributed by atoms with Gasteiger partial charge in [-0.1, -0.05) is 26.0 Å². The van der Waals surface area contributed by atoms with Crippen molar-refractivity contribution in [3.8, 4) is 11.4 Å². The maximum Gasteiger partial charge on any atom is 0.340 e. The summed E-state index contributed by atoms with van der Waals surface area (Å²) in [5.41, 5.74) is 4.91. The number of aromatic nitrogens is 2. The molecule has 1 N–H and O–H groups in total. The molecule has 2 aromatic heterocycles. The van der Waals surface area contributed by atoms with Crippen LogP contribution in [0.1, 0.15) is 42.2 Å². The minimum absolute atomic E-state index is 0.106. The number of piperazine rings is 1. The summed E-state index contributed by atoms with van der Waals surface area (Å²) in [6.45, 7) is 9.41. The summed E-state index contributed by atoms with van der Waals surface area (Å²) < 4.78 is 6.63. The Morgan fingerprint density at radius 1 is 1.12 bits per heavy atom. The molecule has 0 saturated carbocycles. The van der Waals surface area contributed by atoms with Crippen LogP contribution in [0.25, 0.3) is 22.3 Å². The highest BCUT2D eigenvalue weighted by molar-refractivity contribution is 5.87. The van der Waals surface area contributed by atoms with Crippen molar-refractivity contribution in [2.45, 2.75) is 39.6 Å². The second-order valence-electron chi connectivity index (χ2n) is 8.92. The predicted octanol–water partition coefficient (Wildman–Crippen LogP) is 2.29. The van der Waals surface area contributed by atoms with Crippen LogP contribution in [0, 0.1) is 0 Å². The normalized spacial score (nSPS) is 19.6. The van der Waals surface area contributed by atoms with Gasteiger partial charge < -0.3 is 19.3 Å². The molecular weight excluding hydrogens is 432 g/mol. The fraction of sp³-hybridized carbons (Fsp3) is 0.423. The standard InChI is InChI=1S/C24H24N4O4.C2H6/c1-26-5-7-27(8-6-26)11-14-3-2-4-19-16(14)9-15-12-28-20(21(15)25-19)10-17-18(23(28)30)13-32-24(31)22(17)29;1-2/h2-4,9-10,22,29H,5-8,11-13H2,1H3;1-2H3. The molecule has 8 heteroatoms. The number of esters is 1. The van der Waals surface area contributed by atoms with Gasteiger partial charge in [-0.05, 0) is 30.8 Å². The average molecular weight is 463 g/mol. The molecule has 6 rings (SSSR count). The summed E-state index contributed by atoms with van der Waals surface area (Å²) in [6.07, 6.45) is -1.43. The van der Waals surface area contributed by atoms with Crippen LogP contribution in [0.3, 0.4) is 0 Å². The summed E-state index contributed by atoms with van der Waals surface area (Å²) in [6, 6.07) is 10.0. The van der Waals surface area contributed by atoms with Crippen LogP contribution in [-0.2, 0) is 29.2 Å². The quantitative estimate of drug-likeness (QED) is 0.457. The lowest BCUT2D eigenvalue weighted by Crippen LogP contribution is -2.43. The second-order valence-corrected chi connectivity index (χ2v) is 8.92. The Kier molecular flexibility index (Phi) is 5.97. The second kappa shape index (κ2) is 8.94. The average Bonchev–Trinajstić information content (AvgIpc) is 3.21. The number of rotatable bonds is 2. The number of aliphatic hydroxyl groups excluding tert-OH is 1. The number of carbonyl (C=O) groups is 1. The molecule has 5 heterocycles. The molecule has 3 aliphatic rings. The molecule has 178 valence electrons. The SMILES string of the molecule is CC.CN1CCN(Cc2cccc3nc4c(cc23)Cn2c-4cc3c(c2=O)COC(=O)C3O)CC1. The van der Waals surface area contributed by atoms with Crippen molar-refractivity contribution in [3.63, 3.8) is 0 Å². The number of nitrogens with zero attached hydrogens (tertiary/aromatic N) is 4. The lowest BCUT2D eigenvalue weighted by molar-refractivity contribution is -0.157. The van der Waals surface area contributed by atoms with Crippen LogP contribution >= 0.6 is 0 Å². The monoisotopic (exact) mass is 462 g/mol. The van der Waals surface area contributed by atoms with E-state index in [9.17, 15) is 14.7 Å². The van der Waals surface area contributed by atoms with Gasteiger partial charge in [0.15, 0.2) is 6.10 Å². The van der Waals surface area contributed by atoms with E-state index in [1.165, 1.54) is 5.56 Å². The number of carbonyl (C=O) groups excluding carboxylic acids is 1. The number of benzene rings is 1. The van der Waals surface area contributed by atoms with E-state index in [1.54, 1.807) is 10.6 Å². The molecule has 1 atom stereocenters. The minimum atomic E-state index is -1.43. The van der Waals surface area contributed by atoms with E-state index in [0.717, 1.165) is 54.9 Å². The van der Waals surface area contributed by atoms with Gasteiger partial charge in [0.05, 0.1) is 29.0 Å². The third kappa shape index (κ3) is 3.72. The molecule has 3 aliphatic heterocycles. The molecule has 0 bridgehead atoms. The third-order valence-corrected chi connectivity index (χ3v) is 6.90. The highest BCUT2D eigenvalue weighted by atomic mass is 16.5. The predicted molar refractivity (Wildman–Crippen MR) is 129 cm³/mol. The van der Waals surface area contributed by atoms with Crippen molar-refractivity contribution < 1.29 is 14.6 Å². The van der Waals surface area contributed by atoms with Crippen molar-refractivity contribution in [2.75, 3.05) is 33.2 Å². The molecule has 0 radical (unpaired) electrons. The number of ether oxygens (including phenoxy) is 1. The van der Waals surface area contributed by atoms with Crippen LogP contribution in [0.15, 0.2) is 35.1 Å². The molecule has 1 saturated heterocycles. The first-order chi connectivity index (χ1) is 16.5. The summed E-state index contributed by atoms with van der Waals surface area (Å²) in [7, 11) is 2.15. The topological polar surface area (TPSA) is 87.9 Å². The minimum Gasteiger partial charge on any atom is -0.458 e. The zero-order valence-electron chi connectivity index (χ0n) is 19.9. The summed E-state index contributed by atoms with van der Waals surface area (Å²) in [5.74, 6) is -0.722. The van der Waals surface area contributed by atoms with Crippen LogP contribution < -0.4 is 5.56 Å². The van der Waals surface area contributed by atoms with E-state index in [4.69, 9.17) is 9.72 Å². The lowest BCUT2D eigenvalue weighted by Gasteiger charge is -2.32. The van der Waals surface area contributed by atoms with E-state index in [1.807, 2.05) is 26.0 Å². The Morgan fingerprint density at radius 3 is 2.65 bits per heavy atom. The number of fused-ring (bicyclic) bond motifs is 5. The third-order valence-electron chi connectivity index (χ3n) is 6.90. The number of pyridine rings is 2. The van der Waals surface area contributed by atoms with Gasteiger partial charge >= 0.3 is 5.97 Å². The Hall–Kier alpha value is -3.07. The van der Waals surface area contributed by atoms with Gasteiger partial charge in [0.25, 0.3) is 5.56 Å². The summed E-state index contributed by atoms with van der Waals surface area (Å²) >= 11 is 0. The van der Waals surface area contributed by atoms with E-state index in [2.05, 4.69) is 29.0 Å². The Labute approximate surface area is 198 Å². The maximum atomic E-state index is 13.1. The molecule has 34 heavy (non-hydrogen) atoms. The first-order valence-corrected chi connectivity index (χ1v) is 11.9. The molecule has 3 aromatic rings. The first-order valence-electron chi connectivity index (χ1n) is 11.9. The Bertz CT molecular complexity index is 1320. The van der Waals surface area contributed by atoms with Gasteiger partial charge in [-0.15, -0.1) is 0 Å². The van der Waals surface area contributed by atoms with E-state index in [-0.39, 0.29) is 12.2 Å². The highest BCUT2D eigenvalue weighted by Crippen LogP contribution is 2.36. The van der Waals surface area contributed by atoms with E-state index < -0.39 is 12.1 Å². The Morgan fingerprint density at radius 2 is 1.88 bits per heavy atom. The fourth-order valence-corrected chi connectivity index (χ4v) is 5.00. The number of hydrogen-bond acceptors (Lipinski definition) is 7. The number of hydrogen-bond donors (Lipinski definition) is 1. The van der Waals surface area contributed by atoms with E-state index >= 15 is 0 Å². The largest absolute Gasteiger partial charge is 0.458 e. The van der Waals surface area contributed by atoms with Gasteiger partial charge in [-0.25, -0.2) is 9.78 Å². The van der Waals surface area contributed by atoms with Crippen molar-refractivity contribution in [3.05, 3.63) is 62.9 Å². The molecular formula is C26H30N4O4. The molecule has 8 nitrogen and oxygen atoms in total. The van der Waals surface area contributed by atoms with Crippen molar-refractivity contribution in [1.29, 1.82) is 0 Å². The van der Waals surface area contributed by atoms with Gasteiger partial charge in [0.1, 0.15) is 6.61 Å². The molecule has 1 unspecified atom stereocenters. The molecule has 1 aromatic carbocycles. The smallest absolute Gasteiger partial charge is 0.340 e. The number of cyclic esters (lactones) is 1. The first kappa shape index (κ1) is 22.7. The fourth-order valence-electron chi connectivity index (χ4n) is 5.00. The lowest BCUT2D eigenvalue weighted by atomic mass is 10.00. The van der Waals surface area contributed by atoms with Gasteiger partial charge in [0.2, 0.25) is 0 Å². The maximum absolute atomic E-state index is 13.1. The molecule has 0 spiro atoms. The van der Waals surface area contributed by atoms with Crippen molar-refractivity contribution in [1.82, 2.24) is 19.4 Å². The summed E-state index contributed by atoms with van der Waals surface area (Å²) in [4.78, 5) is 34.6. The van der Waals surface area contributed by atoms with Crippen LogP contribution in [0.2, 0.25) is 0 Å². The Balaban J connectivity index is 0.00000117. The van der Waals surface area contributed by atoms with Gasteiger partial charge in [-0.3, -0.25) is 9.69 Å². The van der Waals surface area contributed by atoms with Gasteiger partial charge in [-0.2, -0.15) is 0 Å². The zero-order valence-corrected chi connectivity index (χ0v) is 19.9. The molecule has 1 fully saturated rings. The number of likely N-dealkylation sites (N-methyl/N-ethyl adjacent to an activating group) is 1. The summed E-state index contributed by atoms with van der Waals surface area (Å²) in [5, 5.41) is 11.4. The molecule has 0 amide bonds. The van der Waals surface area contributed by atoms with Gasteiger partial charge in [0, 0.05) is 49.2 Å². The van der Waals surface area contributed by atoms with Crippen LogP contribution in [0.5, 0.6) is 0 Å². The molecule has 0 aliphatic carbocycles. The van der Waals surface area contributed by atoms with Crippen LogP contribution in [-0.4, -0.2) is 63.7 Å². The van der Waals surface area contributed by atoms with E-state index in [0.29, 0.717) is 23.4 Å². The van der Waals surface area contributed by atoms with Crippen molar-refractivity contribution >= 4 is 16.9 Å². The van der Waals surface area contributed by atoms with Crippen molar-refractivity contribution in [2.24, 2.45) is 0 Å². The zero-order chi connectivity index (χ0) is 24.0.